The summed E-state index contributed by atoms with van der Waals surface area (Å²) in [7, 11) is 2.68. The van der Waals surface area contributed by atoms with Crippen LogP contribution in [0.5, 0.6) is 0 Å². The average Bonchev–Trinajstić information content (AvgIpc) is 2.66. The lowest BCUT2D eigenvalue weighted by Gasteiger charge is -2.21. The molecule has 0 aliphatic heterocycles. The summed E-state index contributed by atoms with van der Waals surface area (Å²) in [4.78, 5) is 24.9. The summed E-state index contributed by atoms with van der Waals surface area (Å²) in [5.74, 6) is 0.693. The van der Waals surface area contributed by atoms with Crippen LogP contribution in [0.1, 0.15) is 64.2 Å². The van der Waals surface area contributed by atoms with Crippen molar-refractivity contribution in [3.05, 3.63) is 21.5 Å². The van der Waals surface area contributed by atoms with Gasteiger partial charge in [0.05, 0.1) is 19.1 Å². The van der Waals surface area contributed by atoms with Crippen LogP contribution in [-0.4, -0.2) is 31.5 Å². The molecule has 0 aromatic carbocycles. The Bertz CT molecular complexity index is 576. The van der Waals surface area contributed by atoms with Crippen molar-refractivity contribution < 1.29 is 19.1 Å². The van der Waals surface area contributed by atoms with E-state index in [9.17, 15) is 9.59 Å². The quantitative estimate of drug-likeness (QED) is 0.365. The highest BCUT2D eigenvalue weighted by molar-refractivity contribution is 8.04. The van der Waals surface area contributed by atoms with Crippen LogP contribution in [0.3, 0.4) is 0 Å². The highest BCUT2D eigenvalue weighted by Crippen LogP contribution is 2.35. The van der Waals surface area contributed by atoms with Gasteiger partial charge in [-0.05, 0) is 18.1 Å². The zero-order valence-corrected chi connectivity index (χ0v) is 17.3. The molecule has 0 atom stereocenters. The molecule has 0 aromatic rings. The third kappa shape index (κ3) is 5.53. The van der Waals surface area contributed by atoms with Crippen LogP contribution in [0, 0.1) is 5.92 Å². The summed E-state index contributed by atoms with van der Waals surface area (Å²) in [6.07, 6.45) is 13.1. The molecule has 0 radical (unpaired) electrons. The van der Waals surface area contributed by atoms with Gasteiger partial charge in [0.25, 0.3) is 0 Å². The lowest BCUT2D eigenvalue weighted by molar-refractivity contribution is -0.120. The number of hydrogen-bond acceptors (Lipinski definition) is 5. The lowest BCUT2D eigenvalue weighted by Crippen LogP contribution is -2.23. The van der Waals surface area contributed by atoms with Crippen molar-refractivity contribution in [1.29, 1.82) is 0 Å². The largest absolute Gasteiger partial charge is 0.489 e. The minimum atomic E-state index is -0.486. The average molecular weight is 401 g/mol. The van der Waals surface area contributed by atoms with E-state index in [-0.39, 0.29) is 27.2 Å². The Morgan fingerprint density at radius 3 is 2.19 bits per heavy atom. The van der Waals surface area contributed by atoms with Gasteiger partial charge in [0, 0.05) is 0 Å². The van der Waals surface area contributed by atoms with Crippen LogP contribution < -0.4 is 0 Å². The number of thioether (sulfide) groups is 1. The molecule has 1 fully saturated rings. The summed E-state index contributed by atoms with van der Waals surface area (Å²) in [5, 5.41) is -0.0602. The highest BCUT2D eigenvalue weighted by atomic mass is 35.5. The van der Waals surface area contributed by atoms with Gasteiger partial charge in [-0.15, -0.1) is 11.8 Å². The molecule has 1 saturated carbocycles. The third-order valence-corrected chi connectivity index (χ3v) is 6.75. The van der Waals surface area contributed by atoms with Gasteiger partial charge in [-0.3, -0.25) is 9.59 Å². The van der Waals surface area contributed by atoms with Crippen molar-refractivity contribution >= 4 is 34.9 Å². The van der Waals surface area contributed by atoms with Crippen molar-refractivity contribution in [2.75, 3.05) is 20.0 Å². The van der Waals surface area contributed by atoms with Gasteiger partial charge in [0.1, 0.15) is 5.03 Å². The van der Waals surface area contributed by atoms with E-state index in [0.29, 0.717) is 0 Å². The van der Waals surface area contributed by atoms with Crippen molar-refractivity contribution in [2.45, 2.75) is 64.2 Å². The Labute approximate surface area is 165 Å². The normalized spacial score (nSPS) is 19.3. The molecule has 2 aliphatic rings. The van der Waals surface area contributed by atoms with Crippen molar-refractivity contribution in [3.8, 4) is 0 Å². The molecule has 26 heavy (non-hydrogen) atoms. The van der Waals surface area contributed by atoms with Gasteiger partial charge in [0.2, 0.25) is 23.1 Å². The fourth-order valence-electron chi connectivity index (χ4n) is 3.65. The maximum absolute atomic E-state index is 12.4. The predicted octanol–water partition coefficient (Wildman–Crippen LogP) is 5.36. The number of ketones is 2. The minimum absolute atomic E-state index is 0.0584. The first-order chi connectivity index (χ1) is 12.6. The van der Waals surface area contributed by atoms with E-state index in [1.54, 1.807) is 0 Å². The predicted molar refractivity (Wildman–Crippen MR) is 106 cm³/mol. The molecule has 0 saturated heterocycles. The Morgan fingerprint density at radius 1 is 0.923 bits per heavy atom. The van der Waals surface area contributed by atoms with E-state index in [2.05, 4.69) is 0 Å². The number of rotatable bonds is 10. The van der Waals surface area contributed by atoms with Gasteiger partial charge in [-0.1, -0.05) is 69.4 Å². The Morgan fingerprint density at radius 2 is 1.54 bits per heavy atom. The molecule has 0 unspecified atom stereocenters. The first-order valence-electron chi connectivity index (χ1n) is 9.54. The zero-order chi connectivity index (χ0) is 18.9. The summed E-state index contributed by atoms with van der Waals surface area (Å²) >= 11 is 7.43. The Kier molecular flexibility index (Phi) is 9.06. The Balaban J connectivity index is 1.71. The molecule has 0 bridgehead atoms. The van der Waals surface area contributed by atoms with Crippen LogP contribution in [0.25, 0.3) is 0 Å². The van der Waals surface area contributed by atoms with Crippen molar-refractivity contribution in [1.82, 2.24) is 0 Å². The van der Waals surface area contributed by atoms with Gasteiger partial charge >= 0.3 is 0 Å². The summed E-state index contributed by atoms with van der Waals surface area (Å²) in [6.45, 7) is 0. The molecule has 0 N–H and O–H groups in total. The third-order valence-electron chi connectivity index (χ3n) is 5.11. The van der Waals surface area contributed by atoms with Crippen LogP contribution in [0.4, 0.5) is 0 Å². The molecular formula is C20H29ClO4S. The molecule has 4 nitrogen and oxygen atoms in total. The molecule has 0 heterocycles. The van der Waals surface area contributed by atoms with Crippen molar-refractivity contribution in [3.63, 3.8) is 0 Å². The summed E-state index contributed by atoms with van der Waals surface area (Å²) in [6, 6.07) is 0. The number of Topliss-reactive ketones (excluding diaryl/α,β-unsaturated/α-hetero) is 2. The second-order valence-electron chi connectivity index (χ2n) is 6.92. The number of halogens is 1. The number of carbonyl (C=O) groups excluding carboxylic acids is 2. The van der Waals surface area contributed by atoms with Crippen molar-refractivity contribution in [2.24, 2.45) is 5.92 Å². The van der Waals surface area contributed by atoms with Gasteiger partial charge in [0.15, 0.2) is 0 Å². The Hall–Kier alpha value is -0.940. The summed E-state index contributed by atoms with van der Waals surface area (Å²) in [5.41, 5.74) is 0. The topological polar surface area (TPSA) is 52.6 Å². The molecule has 2 aliphatic carbocycles. The number of unbranched alkanes of at least 4 members (excludes halogenated alkanes) is 3. The molecule has 6 heteroatoms. The van der Waals surface area contributed by atoms with Gasteiger partial charge in [-0.25, -0.2) is 0 Å². The smallest absolute Gasteiger partial charge is 0.244 e. The number of ether oxygens (including phenoxy) is 2. The van der Waals surface area contributed by atoms with Crippen LogP contribution >= 0.6 is 23.4 Å². The molecule has 0 spiro atoms. The van der Waals surface area contributed by atoms with Gasteiger partial charge < -0.3 is 9.47 Å². The van der Waals surface area contributed by atoms with Crippen LogP contribution in [-0.2, 0) is 19.1 Å². The molecule has 0 amide bonds. The molecule has 0 aromatic heterocycles. The van der Waals surface area contributed by atoms with E-state index in [1.807, 2.05) is 0 Å². The fraction of sp³-hybridized carbons (Fsp3) is 0.700. The highest BCUT2D eigenvalue weighted by Gasteiger charge is 2.36. The second-order valence-corrected chi connectivity index (χ2v) is 8.41. The maximum atomic E-state index is 12.4. The van der Waals surface area contributed by atoms with Crippen LogP contribution in [0.15, 0.2) is 21.5 Å². The molecular weight excluding hydrogens is 372 g/mol. The standard InChI is InChI=1S/C20H29ClO4S/c1-24-18-16(22)15(21)20(17(23)19(18)25-2)26-13-9-4-3-6-10-14-11-7-5-8-12-14/h14H,3-13H2,1-2H3. The van der Waals surface area contributed by atoms with E-state index >= 15 is 0 Å². The monoisotopic (exact) mass is 400 g/mol. The van der Waals surface area contributed by atoms with E-state index in [1.165, 1.54) is 77.3 Å². The fourth-order valence-corrected chi connectivity index (χ4v) is 4.98. The number of hydrogen-bond donors (Lipinski definition) is 0. The number of allylic oxidation sites excluding steroid dienone is 2. The van der Waals surface area contributed by atoms with Crippen LogP contribution in [0.2, 0.25) is 0 Å². The summed E-state index contributed by atoms with van der Waals surface area (Å²) < 4.78 is 10.0. The van der Waals surface area contributed by atoms with E-state index < -0.39 is 5.78 Å². The first-order valence-corrected chi connectivity index (χ1v) is 10.9. The SMILES string of the molecule is COC1=C(OC)C(=O)C(SCCCCCCC2CCCCC2)=C(Cl)C1=O. The molecule has 2 rings (SSSR count). The van der Waals surface area contributed by atoms with Gasteiger partial charge in [-0.2, -0.15) is 0 Å². The second kappa shape index (κ2) is 11.0. The molecule has 146 valence electrons. The van der Waals surface area contributed by atoms with E-state index in [4.69, 9.17) is 21.1 Å². The zero-order valence-electron chi connectivity index (χ0n) is 15.8. The maximum Gasteiger partial charge on any atom is 0.244 e. The number of methoxy groups -OCH3 is 2. The lowest BCUT2D eigenvalue weighted by atomic mass is 9.85. The minimum Gasteiger partial charge on any atom is -0.489 e. The number of carbonyl (C=O) groups is 2. The van der Waals surface area contributed by atoms with E-state index in [0.717, 1.165) is 24.5 Å². The first kappa shape index (κ1) is 21.4.